The highest BCUT2D eigenvalue weighted by Crippen LogP contribution is 2.38. The van der Waals surface area contributed by atoms with Gasteiger partial charge in [-0.3, -0.25) is 28.8 Å². The molecule has 2 aliphatic rings. The highest BCUT2D eigenvalue weighted by Gasteiger charge is 2.37. The second-order valence-corrected chi connectivity index (χ2v) is 31.1. The molecule has 2 aliphatic heterocycles. The predicted molar refractivity (Wildman–Crippen MR) is 329 cm³/mol. The van der Waals surface area contributed by atoms with Gasteiger partial charge in [-0.2, -0.15) is 0 Å². The molecule has 0 bridgehead atoms. The van der Waals surface area contributed by atoms with Crippen molar-refractivity contribution in [3.8, 4) is 0 Å². The standard InChI is InChI=1S/C30H50N2O8S4.C22H38N2O8S4/c1-19(2)22(5)40-26(33)13-7-6-10-23(44-43-17-21(4)28(35)32-15-9-12-25(32)30(38)39)18-42-41-16-20(3)27(34)31-14-8-11-24(31)29(36)37;1-13(2)14(3)32-20(27)9-7-6-8-17(36-35-12-19(22(30)31)24-16(5)26)10-33-34-11-18(21(28)29)23-15(4)25/h19-25H,6-18H2,1-5H3,(H,36,37)(H,38,39);13-14,17-19H,6-12H2,1-5H3,(H,23,25)(H,24,26)(H,28,29)(H,30,31). The number of carbonyl (C=O) groups is 10. The van der Waals surface area contributed by atoms with Crippen molar-refractivity contribution in [1.82, 2.24) is 20.4 Å². The molecule has 28 heteroatoms. The molecule has 2 fully saturated rings. The minimum Gasteiger partial charge on any atom is -0.480 e. The first-order valence-corrected chi connectivity index (χ1v) is 36.9. The number of carbonyl (C=O) groups excluding carboxylic acids is 6. The molecule has 0 radical (unpaired) electrons. The number of ether oxygens (including phenoxy) is 2. The van der Waals surface area contributed by atoms with Crippen LogP contribution in [0.2, 0.25) is 0 Å². The Hall–Kier alpha value is -2.50. The van der Waals surface area contributed by atoms with Crippen LogP contribution in [0.25, 0.3) is 0 Å². The SMILES string of the molecule is CC(=O)NC(CSSCC(CCCCC(=O)OC(C)C(C)C)SSCC(NC(C)=O)C(=O)O)C(=O)O.CC(CSSCC(CCCCC(=O)OC(C)C(C)C)SSCC(C)C(=O)N1CCCC1C(=O)O)C(=O)N1CCCC1C(=O)O. The number of unbranched alkanes of at least 4 members (excludes halogenated alkanes) is 2. The lowest BCUT2D eigenvalue weighted by Crippen LogP contribution is -2.43. The number of nitrogens with one attached hydrogen (secondary N) is 2. The monoisotopic (exact) mass is 1280 g/mol. The van der Waals surface area contributed by atoms with Crippen molar-refractivity contribution in [3.05, 3.63) is 0 Å². The molecular weight excluding hydrogens is 1190 g/mol. The molecule has 0 aromatic heterocycles. The van der Waals surface area contributed by atoms with E-state index in [2.05, 4.69) is 10.6 Å². The largest absolute Gasteiger partial charge is 0.480 e. The molecule has 0 aromatic rings. The van der Waals surface area contributed by atoms with Crippen molar-refractivity contribution >= 4 is 146 Å². The van der Waals surface area contributed by atoms with Crippen LogP contribution in [0.4, 0.5) is 0 Å². The highest BCUT2D eigenvalue weighted by molar-refractivity contribution is 8.79. The number of carboxylic acid groups (broad SMARTS) is 4. The van der Waals surface area contributed by atoms with Crippen molar-refractivity contribution in [2.45, 2.75) is 193 Å². The number of hydrogen-bond acceptors (Lipinski definition) is 20. The Morgan fingerprint density at radius 2 is 0.825 bits per heavy atom. The van der Waals surface area contributed by atoms with E-state index in [-0.39, 0.29) is 81.6 Å². The van der Waals surface area contributed by atoms with E-state index in [0.29, 0.717) is 75.3 Å². The summed E-state index contributed by atoms with van der Waals surface area (Å²) in [6.45, 7) is 19.0. The number of carboxylic acids is 4. The predicted octanol–water partition coefficient (Wildman–Crippen LogP) is 9.13. The van der Waals surface area contributed by atoms with E-state index in [9.17, 15) is 68.4 Å². The first kappa shape index (κ1) is 75.5. The van der Waals surface area contributed by atoms with Crippen LogP contribution in [0.1, 0.15) is 146 Å². The van der Waals surface area contributed by atoms with Crippen LogP contribution in [0.5, 0.6) is 0 Å². The van der Waals surface area contributed by atoms with Gasteiger partial charge >= 0.3 is 35.8 Å². The van der Waals surface area contributed by atoms with Gasteiger partial charge in [-0.05, 0) is 77.0 Å². The molecule has 0 aromatic carbocycles. The summed E-state index contributed by atoms with van der Waals surface area (Å²) in [5, 5.41) is 42.5. The molecule has 4 amide bonds. The van der Waals surface area contributed by atoms with E-state index in [1.807, 2.05) is 55.4 Å². The summed E-state index contributed by atoms with van der Waals surface area (Å²) in [7, 11) is 12.3. The Morgan fingerprint density at radius 3 is 1.18 bits per heavy atom. The summed E-state index contributed by atoms with van der Waals surface area (Å²) in [6, 6.07) is -3.42. The summed E-state index contributed by atoms with van der Waals surface area (Å²) in [4.78, 5) is 121. The van der Waals surface area contributed by atoms with Crippen LogP contribution in [0.3, 0.4) is 0 Å². The zero-order valence-corrected chi connectivity index (χ0v) is 54.5. The number of likely N-dealkylation sites (tertiary alicyclic amines) is 2. The maximum atomic E-state index is 12.9. The summed E-state index contributed by atoms with van der Waals surface area (Å²) < 4.78 is 10.9. The normalized spacial score (nSPS) is 18.1. The van der Waals surface area contributed by atoms with Crippen LogP contribution < -0.4 is 10.6 Å². The molecule has 0 aliphatic carbocycles. The third kappa shape index (κ3) is 32.5. The number of hydrogen-bond donors (Lipinski definition) is 6. The maximum Gasteiger partial charge on any atom is 0.327 e. The third-order valence-electron chi connectivity index (χ3n) is 12.9. The van der Waals surface area contributed by atoms with Crippen LogP contribution in [0.15, 0.2) is 0 Å². The summed E-state index contributed by atoms with van der Waals surface area (Å²) in [6.07, 6.45) is 7.56. The van der Waals surface area contributed by atoms with E-state index >= 15 is 0 Å². The van der Waals surface area contributed by atoms with Crippen molar-refractivity contribution in [1.29, 1.82) is 0 Å². The fourth-order valence-electron chi connectivity index (χ4n) is 7.48. The number of rotatable bonds is 40. The fraction of sp³-hybridized carbons (Fsp3) is 0.808. The lowest BCUT2D eigenvalue weighted by Gasteiger charge is -2.25. The Labute approximate surface area is 505 Å². The Bertz CT molecular complexity index is 1960. The molecule has 0 saturated carbocycles. The number of nitrogens with zero attached hydrogens (tertiary/aromatic N) is 2. The zero-order valence-electron chi connectivity index (χ0n) is 47.9. The van der Waals surface area contributed by atoms with Gasteiger partial charge in [-0.25, -0.2) is 19.2 Å². The van der Waals surface area contributed by atoms with Gasteiger partial charge in [-0.15, -0.1) is 0 Å². The Balaban J connectivity index is 0.000000818. The van der Waals surface area contributed by atoms with Crippen molar-refractivity contribution in [3.63, 3.8) is 0 Å². The summed E-state index contributed by atoms with van der Waals surface area (Å²) in [5.74, 6) is -2.56. The zero-order chi connectivity index (χ0) is 60.5. The minimum absolute atomic E-state index is 0.105. The lowest BCUT2D eigenvalue weighted by atomic mass is 10.1. The lowest BCUT2D eigenvalue weighted by molar-refractivity contribution is -0.151. The van der Waals surface area contributed by atoms with Gasteiger partial charge in [-0.1, -0.05) is 141 Å². The second kappa shape index (κ2) is 42.3. The molecule has 80 heavy (non-hydrogen) atoms. The van der Waals surface area contributed by atoms with Crippen LogP contribution in [0, 0.1) is 23.7 Å². The quantitative estimate of drug-likeness (QED) is 0.0189. The first-order valence-electron chi connectivity index (χ1n) is 27.2. The first-order chi connectivity index (χ1) is 37.7. The molecule has 10 atom stereocenters. The van der Waals surface area contributed by atoms with Gasteiger partial charge in [0.15, 0.2) is 0 Å². The molecule has 20 nitrogen and oxygen atoms in total. The molecule has 2 rings (SSSR count). The topological polar surface area (TPSA) is 301 Å². The van der Waals surface area contributed by atoms with Gasteiger partial charge in [0.25, 0.3) is 0 Å². The van der Waals surface area contributed by atoms with Crippen molar-refractivity contribution < 1.29 is 77.8 Å². The molecule has 2 heterocycles. The van der Waals surface area contributed by atoms with Gasteiger partial charge < -0.3 is 50.3 Å². The van der Waals surface area contributed by atoms with Crippen LogP contribution >= 0.6 is 86.4 Å². The highest BCUT2D eigenvalue weighted by atomic mass is 33.1. The Kier molecular flexibility index (Phi) is 40.0. The second-order valence-electron chi connectivity index (χ2n) is 20.6. The molecular formula is C52H88N4O16S8. The summed E-state index contributed by atoms with van der Waals surface area (Å²) in [5.41, 5.74) is 0. The van der Waals surface area contributed by atoms with E-state index in [4.69, 9.17) is 9.47 Å². The average Bonchev–Trinajstić information content (AvgIpc) is 4.09. The summed E-state index contributed by atoms with van der Waals surface area (Å²) >= 11 is 0. The van der Waals surface area contributed by atoms with E-state index in [1.54, 1.807) is 43.2 Å². The molecule has 460 valence electrons. The van der Waals surface area contributed by atoms with Gasteiger partial charge in [0.05, 0.1) is 0 Å². The third-order valence-corrected chi connectivity index (χ3v) is 24.4. The van der Waals surface area contributed by atoms with E-state index in [1.165, 1.54) is 66.8 Å². The number of esters is 2. The van der Waals surface area contributed by atoms with Gasteiger partial charge in [0.1, 0.15) is 36.4 Å². The van der Waals surface area contributed by atoms with Gasteiger partial charge in [0.2, 0.25) is 23.6 Å². The van der Waals surface area contributed by atoms with E-state index < -0.39 is 59.9 Å². The molecule has 0 spiro atoms. The molecule has 2 saturated heterocycles. The van der Waals surface area contributed by atoms with Crippen LogP contribution in [-0.2, 0) is 57.4 Å². The van der Waals surface area contributed by atoms with Crippen LogP contribution in [-0.4, -0.2) is 184 Å². The average molecular weight is 1280 g/mol. The van der Waals surface area contributed by atoms with Crippen molar-refractivity contribution in [2.24, 2.45) is 23.7 Å². The van der Waals surface area contributed by atoms with Gasteiger partial charge in [0, 0.05) is 96.6 Å². The van der Waals surface area contributed by atoms with E-state index in [0.717, 1.165) is 37.9 Å². The smallest absolute Gasteiger partial charge is 0.327 e. The fourth-order valence-corrected chi connectivity index (χ4v) is 19.7. The van der Waals surface area contributed by atoms with Crippen molar-refractivity contribution in [2.75, 3.05) is 47.6 Å². The molecule has 6 N–H and O–H groups in total. The number of amides is 4. The minimum atomic E-state index is -1.10. The number of aliphatic carboxylic acids is 4. The Morgan fingerprint density at radius 1 is 0.487 bits per heavy atom. The molecule has 10 unspecified atom stereocenters. The maximum absolute atomic E-state index is 12.9.